The summed E-state index contributed by atoms with van der Waals surface area (Å²) in [6.07, 6.45) is 1.69. The molecule has 2 N–H and O–H groups in total. The third-order valence-corrected chi connectivity index (χ3v) is 4.03. The summed E-state index contributed by atoms with van der Waals surface area (Å²) >= 11 is 16.5. The maximum atomic E-state index is 12.1. The van der Waals surface area contributed by atoms with E-state index in [0.29, 0.717) is 16.4 Å². The Labute approximate surface area is 153 Å². The molecule has 0 fully saturated rings. The number of hydrogen-bond acceptors (Lipinski definition) is 3. The number of amides is 1. The number of benzene rings is 1. The molecule has 0 aliphatic rings. The van der Waals surface area contributed by atoms with Gasteiger partial charge in [-0.3, -0.25) is 10.1 Å². The molecule has 0 spiro atoms. The molecule has 2 aromatic rings. The Morgan fingerprint density at radius 3 is 2.76 bits per heavy atom. The topological polar surface area (TPSA) is 54.0 Å². The van der Waals surface area contributed by atoms with Gasteiger partial charge in [-0.15, -0.1) is 0 Å². The van der Waals surface area contributed by atoms with Crippen LogP contribution in [0.15, 0.2) is 41.0 Å². The van der Waals surface area contributed by atoms with Crippen LogP contribution >= 0.6 is 62.3 Å². The molecule has 0 saturated heterocycles. The molecule has 4 nitrogen and oxygen atoms in total. The Morgan fingerprint density at radius 1 is 1.33 bits per heavy atom. The molecule has 0 aliphatic carbocycles. The minimum Gasteiger partial charge on any atom is -0.317 e. The second kappa shape index (κ2) is 7.48. The van der Waals surface area contributed by atoms with E-state index in [4.69, 9.17) is 23.8 Å². The zero-order valence-electron chi connectivity index (χ0n) is 10.4. The third kappa shape index (κ3) is 4.87. The lowest BCUT2D eigenvalue weighted by atomic mass is 10.2. The highest BCUT2D eigenvalue weighted by Gasteiger charge is 2.12. The fraction of sp³-hybridized carbons (Fsp3) is 0. The van der Waals surface area contributed by atoms with Crippen LogP contribution in [-0.4, -0.2) is 16.0 Å². The van der Waals surface area contributed by atoms with Gasteiger partial charge in [0.1, 0.15) is 5.82 Å². The van der Waals surface area contributed by atoms with Crippen molar-refractivity contribution in [2.75, 3.05) is 5.32 Å². The van der Waals surface area contributed by atoms with Crippen molar-refractivity contribution in [1.29, 1.82) is 0 Å². The van der Waals surface area contributed by atoms with Crippen LogP contribution in [0.2, 0.25) is 5.02 Å². The molecule has 1 aromatic heterocycles. The number of carbonyl (C=O) groups is 1. The van der Waals surface area contributed by atoms with Gasteiger partial charge in [0.25, 0.3) is 5.91 Å². The summed E-state index contributed by atoms with van der Waals surface area (Å²) < 4.78 is 1.77. The van der Waals surface area contributed by atoms with Crippen LogP contribution in [0.1, 0.15) is 10.4 Å². The van der Waals surface area contributed by atoms with Crippen molar-refractivity contribution in [2.24, 2.45) is 0 Å². The van der Waals surface area contributed by atoms with Gasteiger partial charge in [-0.05, 0) is 65.1 Å². The maximum absolute atomic E-state index is 12.1. The molecule has 2 rings (SSSR count). The molecule has 0 radical (unpaired) electrons. The first-order valence-corrected chi connectivity index (χ1v) is 8.30. The van der Waals surface area contributed by atoms with Crippen LogP contribution in [0.3, 0.4) is 0 Å². The number of carbonyl (C=O) groups excluding carboxylic acids is 1. The lowest BCUT2D eigenvalue weighted by Crippen LogP contribution is -2.34. The van der Waals surface area contributed by atoms with Gasteiger partial charge in [0.15, 0.2) is 5.11 Å². The molecular weight excluding hydrogens is 488 g/mol. The lowest BCUT2D eigenvalue weighted by Gasteiger charge is -2.10. The average molecular weight is 497 g/mol. The third-order valence-electron chi connectivity index (χ3n) is 2.37. The van der Waals surface area contributed by atoms with Crippen LogP contribution in [0.4, 0.5) is 5.82 Å². The fourth-order valence-corrected chi connectivity index (χ4v) is 2.52. The van der Waals surface area contributed by atoms with Crippen LogP contribution in [-0.2, 0) is 0 Å². The Bertz CT molecular complexity index is 696. The summed E-state index contributed by atoms with van der Waals surface area (Å²) in [5.74, 6) is 0.172. The second-order valence-electron chi connectivity index (χ2n) is 3.89. The van der Waals surface area contributed by atoms with Crippen LogP contribution in [0.25, 0.3) is 0 Å². The largest absolute Gasteiger partial charge is 0.317 e. The molecule has 1 amide bonds. The van der Waals surface area contributed by atoms with Crippen LogP contribution in [0.5, 0.6) is 0 Å². The van der Waals surface area contributed by atoms with Gasteiger partial charge < -0.3 is 5.32 Å². The molecule has 0 aliphatic heterocycles. The molecular formula is C13H8BrClIN3OS. The van der Waals surface area contributed by atoms with Crippen molar-refractivity contribution in [3.05, 3.63) is 55.2 Å². The maximum Gasteiger partial charge on any atom is 0.258 e. The zero-order valence-corrected chi connectivity index (χ0v) is 15.7. The molecule has 108 valence electrons. The summed E-state index contributed by atoms with van der Waals surface area (Å²) in [6, 6.07) is 8.67. The smallest absolute Gasteiger partial charge is 0.258 e. The van der Waals surface area contributed by atoms with E-state index in [1.807, 2.05) is 6.07 Å². The number of aromatic nitrogens is 1. The number of rotatable bonds is 2. The summed E-state index contributed by atoms with van der Waals surface area (Å²) in [6.45, 7) is 0. The summed E-state index contributed by atoms with van der Waals surface area (Å²) in [5.41, 5.74) is 0.339. The molecule has 8 heteroatoms. The van der Waals surface area contributed by atoms with Crippen molar-refractivity contribution < 1.29 is 4.79 Å². The Hall–Kier alpha value is -0.770. The highest BCUT2D eigenvalue weighted by atomic mass is 127. The van der Waals surface area contributed by atoms with Gasteiger partial charge >= 0.3 is 0 Å². The number of hydrogen-bond donors (Lipinski definition) is 2. The van der Waals surface area contributed by atoms with E-state index in [0.717, 1.165) is 8.04 Å². The molecule has 21 heavy (non-hydrogen) atoms. The molecule has 0 atom stereocenters. The lowest BCUT2D eigenvalue weighted by molar-refractivity contribution is 0.0978. The first-order chi connectivity index (χ1) is 9.95. The highest BCUT2D eigenvalue weighted by Crippen LogP contribution is 2.20. The normalized spacial score (nSPS) is 10.0. The van der Waals surface area contributed by atoms with Crippen LogP contribution < -0.4 is 10.6 Å². The average Bonchev–Trinajstić information content (AvgIpc) is 2.44. The second-order valence-corrected chi connectivity index (χ2v) is 6.87. The van der Waals surface area contributed by atoms with E-state index in [1.165, 1.54) is 0 Å². The van der Waals surface area contributed by atoms with Gasteiger partial charge in [-0.2, -0.15) is 0 Å². The van der Waals surface area contributed by atoms with E-state index >= 15 is 0 Å². The van der Waals surface area contributed by atoms with Gasteiger partial charge in [0.05, 0.1) is 10.6 Å². The van der Waals surface area contributed by atoms with Gasteiger partial charge in [-0.25, -0.2) is 4.98 Å². The molecule has 1 heterocycles. The van der Waals surface area contributed by atoms with E-state index in [9.17, 15) is 4.79 Å². The van der Waals surface area contributed by atoms with Gasteiger partial charge in [0.2, 0.25) is 0 Å². The Balaban J connectivity index is 2.03. The number of anilines is 1. The first kappa shape index (κ1) is 16.6. The monoisotopic (exact) mass is 495 g/mol. The van der Waals surface area contributed by atoms with E-state index < -0.39 is 0 Å². The van der Waals surface area contributed by atoms with Gasteiger partial charge in [-0.1, -0.05) is 27.5 Å². The molecule has 1 aromatic carbocycles. The Morgan fingerprint density at radius 2 is 2.10 bits per heavy atom. The molecule has 0 saturated carbocycles. The zero-order chi connectivity index (χ0) is 15.4. The van der Waals surface area contributed by atoms with Gasteiger partial charge in [0, 0.05) is 14.2 Å². The molecule has 0 unspecified atom stereocenters. The predicted octanol–water partition coefficient (Wildman–Crippen LogP) is 4.23. The number of nitrogens with zero attached hydrogens (tertiary/aromatic N) is 1. The van der Waals surface area contributed by atoms with Crippen molar-refractivity contribution in [3.8, 4) is 0 Å². The number of halogens is 3. The number of nitrogens with one attached hydrogen (secondary N) is 2. The first-order valence-electron chi connectivity index (χ1n) is 5.64. The SMILES string of the molecule is O=C(NC(=S)Nc1ccc(I)cn1)c1cc(Br)ccc1Cl. The standard InChI is InChI=1S/C13H8BrClIN3OS/c14-7-1-3-10(15)9(5-7)12(20)19-13(21)18-11-4-2-8(16)6-17-11/h1-6H,(H2,17,18,19,20,21). The van der Waals surface area contributed by atoms with E-state index in [1.54, 1.807) is 30.5 Å². The van der Waals surface area contributed by atoms with Crippen molar-refractivity contribution in [2.45, 2.75) is 0 Å². The predicted molar refractivity (Wildman–Crippen MR) is 99.8 cm³/mol. The minimum atomic E-state index is -0.385. The van der Waals surface area contributed by atoms with E-state index in [2.05, 4.69) is 54.1 Å². The summed E-state index contributed by atoms with van der Waals surface area (Å²) in [7, 11) is 0. The van der Waals surface area contributed by atoms with Crippen LogP contribution in [0, 0.1) is 3.57 Å². The van der Waals surface area contributed by atoms with Crippen molar-refractivity contribution in [3.63, 3.8) is 0 Å². The van der Waals surface area contributed by atoms with Crippen molar-refractivity contribution >= 4 is 79.2 Å². The summed E-state index contributed by atoms with van der Waals surface area (Å²) in [5, 5.41) is 5.91. The highest BCUT2D eigenvalue weighted by molar-refractivity contribution is 14.1. The van der Waals surface area contributed by atoms with Crippen molar-refractivity contribution in [1.82, 2.24) is 10.3 Å². The van der Waals surface area contributed by atoms with E-state index in [-0.39, 0.29) is 11.0 Å². The number of thiocarbonyl (C=S) groups is 1. The molecule has 0 bridgehead atoms. The number of pyridine rings is 1. The summed E-state index contributed by atoms with van der Waals surface area (Å²) in [4.78, 5) is 16.2. The minimum absolute atomic E-state index is 0.157. The quantitative estimate of drug-likeness (QED) is 0.483. The Kier molecular flexibility index (Phi) is 5.91. The fourth-order valence-electron chi connectivity index (χ4n) is 1.44.